The highest BCUT2D eigenvalue weighted by molar-refractivity contribution is 9.09. The van der Waals surface area contributed by atoms with Gasteiger partial charge in [-0.3, -0.25) is 43.5 Å². The number of anilines is 2. The number of carboxylic acid groups (broad SMARTS) is 3. The fourth-order valence-corrected chi connectivity index (χ4v) is 13.7. The third kappa shape index (κ3) is 27.2. The summed E-state index contributed by atoms with van der Waals surface area (Å²) >= 11 is 6.29. The van der Waals surface area contributed by atoms with Crippen molar-refractivity contribution in [1.82, 2.24) is 34.5 Å². The number of esters is 1. The standard InChI is InChI=1S/C28H32N4O3.C21H26N4O3.C12H15NO3.C9H9BrO2.C8H7BrO2.C8H8O2/c33-28(27(24-9-5-2-6-10-24)31-17-19-34-20-18-31)32-15-13-30(14-16-32)26-12-11-25(21-29-26)35-22-23-7-3-1-4-8-23;26-18-6-7-19(22-16-18)23-8-10-25(11-9-23)21(27)20(17-4-2-1-3-5-17)24-12-14-28-15-13-24;14-12(15)11(10-4-2-1-3-5-10)13-6-8-16-9-7-13;1-12-9(11)8(10)7-5-3-2-4-6-7;9-7(8(10)11)6-4-2-1-3-5-6;9-8(10)6-7-4-2-1-3-5-7/h1-12,21,27H,13-20,22H2;1-7,16,20,26H,8-15H2;1-5,11H,6-9H2,(H,14,15);2-6,8H,1H3;1-5,7H,(H,10,11);1-5H,6H2,(H,9,10). The topological polar surface area (TPSA) is 278 Å². The van der Waals surface area contributed by atoms with Gasteiger partial charge in [0.2, 0.25) is 11.8 Å². The van der Waals surface area contributed by atoms with Crippen molar-refractivity contribution in [1.29, 1.82) is 0 Å². The Bertz CT molecular complexity index is 4230. The van der Waals surface area contributed by atoms with Crippen LogP contribution in [0.4, 0.5) is 11.6 Å². The lowest BCUT2D eigenvalue weighted by atomic mass is 10.0. The fourth-order valence-electron chi connectivity index (χ4n) is 12.9. The molecule has 5 aliphatic rings. The molecule has 0 aliphatic carbocycles. The first-order chi connectivity index (χ1) is 54.5. The molecule has 112 heavy (non-hydrogen) atoms. The summed E-state index contributed by atoms with van der Waals surface area (Å²) in [7, 11) is 1.37. The Morgan fingerprint density at radius 2 is 0.732 bits per heavy atom. The van der Waals surface area contributed by atoms with Crippen LogP contribution in [0.3, 0.4) is 0 Å². The first kappa shape index (κ1) is 85.6. The van der Waals surface area contributed by atoms with E-state index in [9.17, 15) is 39.0 Å². The summed E-state index contributed by atoms with van der Waals surface area (Å²) in [6, 6.07) is 73.5. The Kier molecular flexibility index (Phi) is 35.5. The van der Waals surface area contributed by atoms with E-state index in [-0.39, 0.29) is 46.9 Å². The van der Waals surface area contributed by atoms with E-state index in [0.717, 1.165) is 109 Å². The molecule has 24 nitrogen and oxygen atoms in total. The summed E-state index contributed by atoms with van der Waals surface area (Å²) in [5.41, 5.74) is 6.56. The van der Waals surface area contributed by atoms with Crippen LogP contribution in [-0.2, 0) is 60.7 Å². The zero-order valence-corrected chi connectivity index (χ0v) is 65.8. The molecule has 590 valence electrons. The molecule has 4 N–H and O–H groups in total. The number of alkyl halides is 2. The van der Waals surface area contributed by atoms with Gasteiger partial charge >= 0.3 is 23.9 Å². The molecule has 0 saturated carbocycles. The summed E-state index contributed by atoms with van der Waals surface area (Å²) < 4.78 is 26.7. The van der Waals surface area contributed by atoms with Crippen molar-refractivity contribution in [3.63, 3.8) is 0 Å². The minimum absolute atomic E-state index is 0.112. The molecule has 5 unspecified atom stereocenters. The average molecular weight is 1660 g/mol. The van der Waals surface area contributed by atoms with Crippen LogP contribution in [0, 0.1) is 0 Å². The lowest BCUT2D eigenvalue weighted by Gasteiger charge is -2.40. The first-order valence-electron chi connectivity index (χ1n) is 37.2. The third-order valence-corrected chi connectivity index (χ3v) is 20.6. The smallest absolute Gasteiger partial charge is 0.325 e. The number of piperazine rings is 2. The van der Waals surface area contributed by atoms with E-state index in [1.807, 2.05) is 209 Å². The fraction of sp³-hybridized carbons (Fsp3) is 0.326. The van der Waals surface area contributed by atoms with E-state index in [1.165, 1.54) is 13.3 Å². The number of benzene rings is 7. The SMILES string of the molecule is COC(=O)C(Br)c1ccccc1.O=C(C(c1ccccc1)N1CCOCC1)N1CCN(c2ccc(O)cn2)CC1.O=C(C(c1ccccc1)N1CCOCC1)N1CCN(c2ccc(OCc3ccccc3)cn2)CC1.O=C(O)C(Br)c1ccccc1.O=C(O)C(c1ccccc1)N1CCOCC1.O=C(O)Cc1ccccc1. The van der Waals surface area contributed by atoms with Gasteiger partial charge < -0.3 is 63.7 Å². The van der Waals surface area contributed by atoms with Gasteiger partial charge in [0.25, 0.3) is 0 Å². The molecule has 2 amide bonds. The lowest BCUT2D eigenvalue weighted by molar-refractivity contribution is -0.145. The number of hydrogen-bond donors (Lipinski definition) is 4. The normalized spacial score (nSPS) is 16.5. The molecular formula is C86H97Br2N9O15. The number of morpholine rings is 3. The quantitative estimate of drug-likeness (QED) is 0.0407. The van der Waals surface area contributed by atoms with E-state index >= 15 is 0 Å². The van der Waals surface area contributed by atoms with Crippen LogP contribution in [-0.4, -0.2) is 229 Å². The maximum absolute atomic E-state index is 13.7. The molecule has 5 aliphatic heterocycles. The number of nitrogens with zero attached hydrogens (tertiary/aromatic N) is 9. The van der Waals surface area contributed by atoms with Crippen LogP contribution in [0.5, 0.6) is 11.5 Å². The zero-order chi connectivity index (χ0) is 79.2. The van der Waals surface area contributed by atoms with Gasteiger partial charge in [-0.05, 0) is 63.2 Å². The van der Waals surface area contributed by atoms with E-state index in [0.29, 0.717) is 85.5 Å². The van der Waals surface area contributed by atoms with Gasteiger partial charge in [0.05, 0.1) is 65.6 Å². The van der Waals surface area contributed by atoms with Gasteiger partial charge in [0, 0.05) is 91.6 Å². The molecule has 2 aromatic heterocycles. The minimum Gasteiger partial charge on any atom is -0.506 e. The molecule has 7 aromatic carbocycles. The maximum atomic E-state index is 13.7. The molecule has 0 spiro atoms. The lowest BCUT2D eigenvalue weighted by Crippen LogP contribution is -2.53. The van der Waals surface area contributed by atoms with Gasteiger partial charge in [-0.25, -0.2) is 9.97 Å². The summed E-state index contributed by atoms with van der Waals surface area (Å²) in [5, 5.41) is 35.7. The van der Waals surface area contributed by atoms with Crippen molar-refractivity contribution in [3.05, 3.63) is 288 Å². The number of hydrogen-bond acceptors (Lipinski definition) is 19. The molecule has 5 fully saturated rings. The first-order valence-corrected chi connectivity index (χ1v) is 39.0. The van der Waals surface area contributed by atoms with Crippen LogP contribution in [0.25, 0.3) is 0 Å². The molecule has 14 rings (SSSR count). The van der Waals surface area contributed by atoms with Gasteiger partial charge in [-0.1, -0.05) is 244 Å². The number of amides is 2. The monoisotopic (exact) mass is 1650 g/mol. The average Bonchev–Trinajstić information content (AvgIpc) is 0.823. The number of carbonyl (C=O) groups excluding carboxylic acids is 3. The van der Waals surface area contributed by atoms with E-state index in [4.69, 9.17) is 29.2 Å². The van der Waals surface area contributed by atoms with Crippen molar-refractivity contribution < 1.29 is 72.9 Å². The molecule has 5 saturated heterocycles. The molecule has 9 aromatic rings. The molecule has 5 atom stereocenters. The Hall–Kier alpha value is -10.4. The van der Waals surface area contributed by atoms with Crippen LogP contribution in [0.15, 0.2) is 249 Å². The Morgan fingerprint density at radius 3 is 1.07 bits per heavy atom. The Morgan fingerprint density at radius 1 is 0.393 bits per heavy atom. The maximum Gasteiger partial charge on any atom is 0.325 e. The van der Waals surface area contributed by atoms with Crippen molar-refractivity contribution in [2.75, 3.05) is 148 Å². The molecule has 0 bridgehead atoms. The number of aromatic nitrogens is 2. The number of methoxy groups -OCH3 is 1. The van der Waals surface area contributed by atoms with Crippen molar-refractivity contribution in [2.24, 2.45) is 0 Å². The van der Waals surface area contributed by atoms with Gasteiger partial charge in [0.1, 0.15) is 57.5 Å². The highest BCUT2D eigenvalue weighted by Gasteiger charge is 2.36. The van der Waals surface area contributed by atoms with Crippen LogP contribution < -0.4 is 14.5 Å². The van der Waals surface area contributed by atoms with E-state index in [2.05, 4.69) is 78.3 Å². The second kappa shape index (κ2) is 46.4. The molecule has 0 radical (unpaired) electrons. The van der Waals surface area contributed by atoms with Crippen LogP contribution in [0.1, 0.15) is 66.7 Å². The van der Waals surface area contributed by atoms with Crippen LogP contribution in [0.2, 0.25) is 0 Å². The number of rotatable bonds is 20. The van der Waals surface area contributed by atoms with Gasteiger partial charge in [0.15, 0.2) is 0 Å². The van der Waals surface area contributed by atoms with Crippen molar-refractivity contribution in [3.8, 4) is 11.5 Å². The number of ether oxygens (including phenoxy) is 5. The number of carboxylic acids is 3. The number of halogens is 2. The minimum atomic E-state index is -0.865. The number of aromatic hydroxyl groups is 1. The van der Waals surface area contributed by atoms with Crippen molar-refractivity contribution in [2.45, 2.75) is 40.8 Å². The highest BCUT2D eigenvalue weighted by Crippen LogP contribution is 2.30. The summed E-state index contributed by atoms with van der Waals surface area (Å²) in [5.74, 6) is 0.268. The number of carbonyl (C=O) groups is 6. The number of aliphatic carboxylic acids is 3. The Balaban J connectivity index is 0.000000166. The van der Waals surface area contributed by atoms with Crippen molar-refractivity contribution >= 4 is 79.2 Å². The predicted octanol–water partition coefficient (Wildman–Crippen LogP) is 11.9. The molecular weight excluding hydrogens is 1560 g/mol. The molecule has 7 heterocycles. The summed E-state index contributed by atoms with van der Waals surface area (Å²) in [6.07, 6.45) is 3.34. The van der Waals surface area contributed by atoms with Gasteiger partial charge in [-0.2, -0.15) is 0 Å². The van der Waals surface area contributed by atoms with E-state index in [1.54, 1.807) is 36.5 Å². The number of pyridine rings is 2. The summed E-state index contributed by atoms with van der Waals surface area (Å²) in [4.78, 5) is 92.8. The predicted molar refractivity (Wildman–Crippen MR) is 435 cm³/mol. The zero-order valence-electron chi connectivity index (χ0n) is 62.7. The second-order valence-electron chi connectivity index (χ2n) is 26.3. The van der Waals surface area contributed by atoms with Gasteiger partial charge in [-0.15, -0.1) is 0 Å². The van der Waals surface area contributed by atoms with Crippen LogP contribution >= 0.6 is 31.9 Å². The highest BCUT2D eigenvalue weighted by atomic mass is 79.9. The molecule has 26 heteroatoms. The Labute approximate surface area is 671 Å². The largest absolute Gasteiger partial charge is 0.506 e. The summed E-state index contributed by atoms with van der Waals surface area (Å²) in [6.45, 7) is 14.5. The van der Waals surface area contributed by atoms with E-state index < -0.39 is 28.8 Å². The third-order valence-electron chi connectivity index (χ3n) is 18.8. The second-order valence-corrected chi connectivity index (χ2v) is 28.1.